The number of nitrogens with zero attached hydrogens (tertiary/aromatic N) is 3. The van der Waals surface area contributed by atoms with Gasteiger partial charge in [-0.25, -0.2) is 4.57 Å². The van der Waals surface area contributed by atoms with Gasteiger partial charge in [0.15, 0.2) is 5.69 Å². The van der Waals surface area contributed by atoms with Crippen molar-refractivity contribution in [1.82, 2.24) is 9.47 Å². The standard InChI is InChI=1S/C14H24N4O3/c1-5-8-17(10-14(2,3)9-15)13(19)11-6-7-12(16(11)4)18(20)21/h6-7H,5,8-10,15H2,1-4H3. The van der Waals surface area contributed by atoms with Gasteiger partial charge in [-0.05, 0) is 29.4 Å². The maximum Gasteiger partial charge on any atom is 0.323 e. The van der Waals surface area contributed by atoms with Crippen LogP contribution < -0.4 is 5.73 Å². The molecule has 0 radical (unpaired) electrons. The summed E-state index contributed by atoms with van der Waals surface area (Å²) in [5.41, 5.74) is 5.86. The average molecular weight is 296 g/mol. The Morgan fingerprint density at radius 1 is 1.48 bits per heavy atom. The Kier molecular flexibility index (Phi) is 5.48. The first-order valence-corrected chi connectivity index (χ1v) is 7.03. The SMILES string of the molecule is CCCN(CC(C)(C)CN)C(=O)c1ccc([N+](=O)[O-])n1C. The van der Waals surface area contributed by atoms with Crippen LogP contribution in [0.1, 0.15) is 37.7 Å². The lowest BCUT2D eigenvalue weighted by Gasteiger charge is -2.31. The summed E-state index contributed by atoms with van der Waals surface area (Å²) in [7, 11) is 1.53. The number of hydrogen-bond donors (Lipinski definition) is 1. The van der Waals surface area contributed by atoms with Crippen molar-refractivity contribution in [3.05, 3.63) is 27.9 Å². The molecule has 0 aliphatic carbocycles. The molecule has 0 saturated carbocycles. The van der Waals surface area contributed by atoms with Crippen molar-refractivity contribution < 1.29 is 9.72 Å². The van der Waals surface area contributed by atoms with Crippen LogP contribution in [0.25, 0.3) is 0 Å². The molecule has 0 aliphatic rings. The fourth-order valence-electron chi connectivity index (χ4n) is 2.16. The maximum atomic E-state index is 12.6. The lowest BCUT2D eigenvalue weighted by Crippen LogP contribution is -2.43. The fourth-order valence-corrected chi connectivity index (χ4v) is 2.16. The summed E-state index contributed by atoms with van der Waals surface area (Å²) in [6, 6.07) is 2.85. The number of carbonyl (C=O) groups excluding carboxylic acids is 1. The highest BCUT2D eigenvalue weighted by Gasteiger charge is 2.28. The van der Waals surface area contributed by atoms with Crippen molar-refractivity contribution >= 4 is 11.7 Å². The summed E-state index contributed by atoms with van der Waals surface area (Å²) in [6.07, 6.45) is 0.818. The normalized spacial score (nSPS) is 11.5. The first kappa shape index (κ1) is 17.2. The van der Waals surface area contributed by atoms with Crippen molar-refractivity contribution in [2.45, 2.75) is 27.2 Å². The number of hydrogen-bond acceptors (Lipinski definition) is 4. The van der Waals surface area contributed by atoms with E-state index in [2.05, 4.69) is 0 Å². The van der Waals surface area contributed by atoms with Crippen LogP contribution in [-0.2, 0) is 7.05 Å². The second kappa shape index (κ2) is 6.71. The Bertz CT molecular complexity index is 522. The summed E-state index contributed by atoms with van der Waals surface area (Å²) in [5, 5.41) is 10.9. The second-order valence-corrected chi connectivity index (χ2v) is 5.99. The molecular weight excluding hydrogens is 272 g/mol. The van der Waals surface area contributed by atoms with Crippen LogP contribution in [0.3, 0.4) is 0 Å². The molecule has 0 unspecified atom stereocenters. The minimum atomic E-state index is -0.495. The molecule has 21 heavy (non-hydrogen) atoms. The molecule has 1 rings (SSSR count). The Balaban J connectivity index is 3.04. The highest BCUT2D eigenvalue weighted by molar-refractivity contribution is 5.93. The van der Waals surface area contributed by atoms with E-state index in [1.807, 2.05) is 20.8 Å². The van der Waals surface area contributed by atoms with E-state index in [9.17, 15) is 14.9 Å². The molecular formula is C14H24N4O3. The summed E-state index contributed by atoms with van der Waals surface area (Å²) in [5.74, 6) is -0.290. The molecule has 1 aromatic heterocycles. The molecule has 0 bridgehead atoms. The van der Waals surface area contributed by atoms with Crippen LogP contribution in [0, 0.1) is 15.5 Å². The first-order valence-electron chi connectivity index (χ1n) is 7.03. The van der Waals surface area contributed by atoms with E-state index in [0.717, 1.165) is 6.42 Å². The molecule has 1 amide bonds. The molecule has 0 spiro atoms. The monoisotopic (exact) mass is 296 g/mol. The molecule has 0 saturated heterocycles. The Morgan fingerprint density at radius 3 is 2.52 bits per heavy atom. The topological polar surface area (TPSA) is 94.4 Å². The van der Waals surface area contributed by atoms with Gasteiger partial charge in [0.1, 0.15) is 0 Å². The zero-order valence-electron chi connectivity index (χ0n) is 13.1. The number of rotatable bonds is 7. The summed E-state index contributed by atoms with van der Waals surface area (Å²) in [4.78, 5) is 24.7. The predicted molar refractivity (Wildman–Crippen MR) is 81.1 cm³/mol. The zero-order chi connectivity index (χ0) is 16.2. The van der Waals surface area contributed by atoms with Crippen LogP contribution in [0.15, 0.2) is 12.1 Å². The van der Waals surface area contributed by atoms with E-state index < -0.39 is 4.92 Å². The highest BCUT2D eigenvalue weighted by atomic mass is 16.6. The number of aromatic nitrogens is 1. The van der Waals surface area contributed by atoms with Crippen molar-refractivity contribution in [3.63, 3.8) is 0 Å². The van der Waals surface area contributed by atoms with E-state index in [4.69, 9.17) is 5.73 Å². The molecule has 1 aromatic rings. The summed E-state index contributed by atoms with van der Waals surface area (Å²) in [6.45, 7) is 7.57. The van der Waals surface area contributed by atoms with E-state index in [1.165, 1.54) is 23.7 Å². The van der Waals surface area contributed by atoms with E-state index in [0.29, 0.717) is 25.3 Å². The third-order valence-electron chi connectivity index (χ3n) is 3.45. The first-order chi connectivity index (χ1) is 9.73. The fraction of sp³-hybridized carbons (Fsp3) is 0.643. The minimum Gasteiger partial charge on any atom is -0.358 e. The molecule has 2 N–H and O–H groups in total. The lowest BCUT2D eigenvalue weighted by molar-refractivity contribution is -0.391. The number of nitrogens with two attached hydrogens (primary N) is 1. The average Bonchev–Trinajstić information content (AvgIpc) is 2.79. The Hall–Kier alpha value is -1.89. The predicted octanol–water partition coefficient (Wildman–Crippen LogP) is 1.77. The van der Waals surface area contributed by atoms with Crippen LogP contribution in [-0.4, -0.2) is 39.9 Å². The Labute approximate surface area is 124 Å². The van der Waals surface area contributed by atoms with Crippen LogP contribution in [0.2, 0.25) is 0 Å². The number of nitro groups is 1. The van der Waals surface area contributed by atoms with Gasteiger partial charge in [-0.3, -0.25) is 4.79 Å². The number of amides is 1. The molecule has 0 fully saturated rings. The van der Waals surface area contributed by atoms with Gasteiger partial charge in [0.05, 0.1) is 7.05 Å². The van der Waals surface area contributed by atoms with Crippen molar-refractivity contribution in [2.75, 3.05) is 19.6 Å². The summed E-state index contributed by atoms with van der Waals surface area (Å²) < 4.78 is 1.32. The highest BCUT2D eigenvalue weighted by Crippen LogP contribution is 2.20. The minimum absolute atomic E-state index is 0.0899. The zero-order valence-corrected chi connectivity index (χ0v) is 13.1. The molecule has 7 nitrogen and oxygen atoms in total. The maximum absolute atomic E-state index is 12.6. The van der Waals surface area contributed by atoms with E-state index in [1.54, 1.807) is 4.90 Å². The van der Waals surface area contributed by atoms with Crippen LogP contribution in [0.4, 0.5) is 5.82 Å². The van der Waals surface area contributed by atoms with Gasteiger partial charge in [0.25, 0.3) is 5.91 Å². The molecule has 118 valence electrons. The van der Waals surface area contributed by atoms with Gasteiger partial charge >= 0.3 is 5.82 Å². The van der Waals surface area contributed by atoms with Crippen LogP contribution in [0.5, 0.6) is 0 Å². The quantitative estimate of drug-likeness (QED) is 0.613. The van der Waals surface area contributed by atoms with Gasteiger partial charge in [0.2, 0.25) is 0 Å². The van der Waals surface area contributed by atoms with E-state index >= 15 is 0 Å². The van der Waals surface area contributed by atoms with Crippen molar-refractivity contribution in [2.24, 2.45) is 18.2 Å². The van der Waals surface area contributed by atoms with Gasteiger partial charge < -0.3 is 20.7 Å². The Morgan fingerprint density at radius 2 is 2.10 bits per heavy atom. The van der Waals surface area contributed by atoms with Crippen molar-refractivity contribution in [3.8, 4) is 0 Å². The molecule has 0 atom stereocenters. The van der Waals surface area contributed by atoms with Gasteiger partial charge in [-0.1, -0.05) is 20.8 Å². The smallest absolute Gasteiger partial charge is 0.323 e. The molecule has 0 aromatic carbocycles. The molecule has 7 heteroatoms. The largest absolute Gasteiger partial charge is 0.358 e. The van der Waals surface area contributed by atoms with Crippen molar-refractivity contribution in [1.29, 1.82) is 0 Å². The number of carbonyl (C=O) groups is 1. The molecule has 1 heterocycles. The second-order valence-electron chi connectivity index (χ2n) is 5.99. The van der Waals surface area contributed by atoms with Gasteiger partial charge in [-0.15, -0.1) is 0 Å². The lowest BCUT2D eigenvalue weighted by atomic mass is 9.93. The molecule has 0 aliphatic heterocycles. The third-order valence-corrected chi connectivity index (χ3v) is 3.45. The van der Waals surface area contributed by atoms with Gasteiger partial charge in [0, 0.05) is 19.2 Å². The van der Waals surface area contributed by atoms with Gasteiger partial charge in [-0.2, -0.15) is 0 Å². The summed E-state index contributed by atoms with van der Waals surface area (Å²) >= 11 is 0. The third kappa shape index (κ3) is 4.04. The van der Waals surface area contributed by atoms with E-state index in [-0.39, 0.29) is 17.1 Å². The van der Waals surface area contributed by atoms with Crippen LogP contribution >= 0.6 is 0 Å².